The fourth-order valence-electron chi connectivity index (χ4n) is 1.03. The van der Waals surface area contributed by atoms with E-state index in [1.54, 1.807) is 19.9 Å². The normalized spacial score (nSPS) is 9.50. The lowest BCUT2D eigenvalue weighted by atomic mass is 10.3. The lowest BCUT2D eigenvalue weighted by Gasteiger charge is -2.14. The minimum Gasteiger partial charge on any atom is -0.351 e. The van der Waals surface area contributed by atoms with E-state index in [4.69, 9.17) is 9.78 Å². The van der Waals surface area contributed by atoms with Crippen LogP contribution in [0.4, 0.5) is 0 Å². The Kier molecular flexibility index (Phi) is 3.24. The second kappa shape index (κ2) is 4.42. The van der Waals surface area contributed by atoms with Crippen LogP contribution in [0.1, 0.15) is 23.2 Å². The van der Waals surface area contributed by atoms with Crippen LogP contribution in [0.15, 0.2) is 10.6 Å². The molecule has 1 heterocycles. The molecule has 0 saturated carbocycles. The Balaban J connectivity index is 2.78. The summed E-state index contributed by atoms with van der Waals surface area (Å²) in [7, 11) is 0. The SMILES string of the molecule is CCN(CC#N)C(=O)c1cc(C)no1. The summed E-state index contributed by atoms with van der Waals surface area (Å²) < 4.78 is 4.80. The third-order valence-electron chi connectivity index (χ3n) is 1.77. The number of amides is 1. The van der Waals surface area contributed by atoms with Crippen molar-refractivity contribution in [2.24, 2.45) is 0 Å². The average Bonchev–Trinajstić information content (AvgIpc) is 2.60. The second-order valence-electron chi connectivity index (χ2n) is 2.81. The number of hydrogen-bond acceptors (Lipinski definition) is 4. The van der Waals surface area contributed by atoms with E-state index in [1.165, 1.54) is 4.90 Å². The molecular formula is C9H11N3O2. The maximum Gasteiger partial charge on any atom is 0.293 e. The zero-order valence-electron chi connectivity index (χ0n) is 8.15. The monoisotopic (exact) mass is 193 g/mol. The molecule has 0 N–H and O–H groups in total. The molecule has 1 aromatic rings. The molecule has 0 atom stereocenters. The van der Waals surface area contributed by atoms with Crippen LogP contribution in [-0.2, 0) is 0 Å². The molecular weight excluding hydrogens is 182 g/mol. The summed E-state index contributed by atoms with van der Waals surface area (Å²) in [6.07, 6.45) is 0. The summed E-state index contributed by atoms with van der Waals surface area (Å²) in [6, 6.07) is 3.48. The van der Waals surface area contributed by atoms with Crippen LogP contribution in [0.5, 0.6) is 0 Å². The van der Waals surface area contributed by atoms with Crippen molar-refractivity contribution in [3.63, 3.8) is 0 Å². The summed E-state index contributed by atoms with van der Waals surface area (Å²) in [5.41, 5.74) is 0.654. The van der Waals surface area contributed by atoms with Crippen molar-refractivity contribution in [3.05, 3.63) is 17.5 Å². The molecule has 1 rings (SSSR count). The van der Waals surface area contributed by atoms with E-state index < -0.39 is 0 Å². The van der Waals surface area contributed by atoms with Gasteiger partial charge in [-0.3, -0.25) is 4.79 Å². The van der Waals surface area contributed by atoms with Crippen LogP contribution in [0.2, 0.25) is 0 Å². The van der Waals surface area contributed by atoms with Crippen molar-refractivity contribution in [1.29, 1.82) is 5.26 Å². The molecule has 0 spiro atoms. The molecule has 0 saturated heterocycles. The zero-order valence-corrected chi connectivity index (χ0v) is 8.15. The van der Waals surface area contributed by atoms with Gasteiger partial charge < -0.3 is 9.42 Å². The molecule has 0 aromatic carbocycles. The Morgan fingerprint density at radius 1 is 1.79 bits per heavy atom. The minimum atomic E-state index is -0.297. The van der Waals surface area contributed by atoms with Gasteiger partial charge in [0.15, 0.2) is 0 Å². The number of carbonyl (C=O) groups is 1. The molecule has 14 heavy (non-hydrogen) atoms. The van der Waals surface area contributed by atoms with E-state index in [9.17, 15) is 4.79 Å². The van der Waals surface area contributed by atoms with E-state index in [0.29, 0.717) is 12.2 Å². The number of carbonyl (C=O) groups excluding carboxylic acids is 1. The quantitative estimate of drug-likeness (QED) is 0.670. The first-order valence-electron chi connectivity index (χ1n) is 4.28. The maximum atomic E-state index is 11.6. The molecule has 0 aliphatic rings. The summed E-state index contributed by atoms with van der Waals surface area (Å²) in [4.78, 5) is 13.0. The van der Waals surface area contributed by atoms with Crippen molar-refractivity contribution in [2.75, 3.05) is 13.1 Å². The summed E-state index contributed by atoms with van der Waals surface area (Å²) >= 11 is 0. The Morgan fingerprint density at radius 2 is 2.50 bits per heavy atom. The van der Waals surface area contributed by atoms with E-state index in [-0.39, 0.29) is 18.2 Å². The Bertz CT molecular complexity index is 364. The third kappa shape index (κ3) is 2.10. The average molecular weight is 193 g/mol. The first-order chi connectivity index (χ1) is 6.69. The molecule has 0 aliphatic carbocycles. The van der Waals surface area contributed by atoms with Crippen LogP contribution in [-0.4, -0.2) is 29.1 Å². The van der Waals surface area contributed by atoms with Crippen molar-refractivity contribution < 1.29 is 9.32 Å². The summed E-state index contributed by atoms with van der Waals surface area (Å²) in [5, 5.41) is 12.1. The van der Waals surface area contributed by atoms with Gasteiger partial charge in [-0.15, -0.1) is 0 Å². The summed E-state index contributed by atoms with van der Waals surface area (Å²) in [5.74, 6) is -0.116. The van der Waals surface area contributed by atoms with Gasteiger partial charge in [-0.2, -0.15) is 5.26 Å². The molecule has 74 valence electrons. The highest BCUT2D eigenvalue weighted by atomic mass is 16.5. The Labute approximate surface area is 81.9 Å². The highest BCUT2D eigenvalue weighted by Gasteiger charge is 2.17. The first kappa shape index (κ1) is 10.3. The van der Waals surface area contributed by atoms with Crippen LogP contribution in [0.3, 0.4) is 0 Å². The van der Waals surface area contributed by atoms with Crippen LogP contribution in [0.25, 0.3) is 0 Å². The highest BCUT2D eigenvalue weighted by Crippen LogP contribution is 2.06. The molecule has 0 bridgehead atoms. The van der Waals surface area contributed by atoms with Crippen LogP contribution < -0.4 is 0 Å². The maximum absolute atomic E-state index is 11.6. The van der Waals surface area contributed by atoms with E-state index >= 15 is 0 Å². The lowest BCUT2D eigenvalue weighted by molar-refractivity contribution is 0.0742. The molecule has 5 heteroatoms. The first-order valence-corrected chi connectivity index (χ1v) is 4.28. The molecule has 0 radical (unpaired) electrons. The number of aromatic nitrogens is 1. The van der Waals surface area contributed by atoms with E-state index in [2.05, 4.69) is 5.16 Å². The topological polar surface area (TPSA) is 70.1 Å². The smallest absolute Gasteiger partial charge is 0.293 e. The van der Waals surface area contributed by atoms with Gasteiger partial charge in [0.05, 0.1) is 11.8 Å². The second-order valence-corrected chi connectivity index (χ2v) is 2.81. The van der Waals surface area contributed by atoms with Crippen LogP contribution >= 0.6 is 0 Å². The fraction of sp³-hybridized carbons (Fsp3) is 0.444. The van der Waals surface area contributed by atoms with Gasteiger partial charge in [-0.25, -0.2) is 0 Å². The minimum absolute atomic E-state index is 0.0646. The molecule has 0 aliphatic heterocycles. The van der Waals surface area contributed by atoms with Crippen molar-refractivity contribution in [2.45, 2.75) is 13.8 Å². The molecule has 0 unspecified atom stereocenters. The molecule has 0 fully saturated rings. The van der Waals surface area contributed by atoms with E-state index in [1.807, 2.05) is 6.07 Å². The summed E-state index contributed by atoms with van der Waals surface area (Å²) in [6.45, 7) is 4.08. The highest BCUT2D eigenvalue weighted by molar-refractivity contribution is 5.91. The Morgan fingerprint density at radius 3 is 2.93 bits per heavy atom. The van der Waals surface area contributed by atoms with Gasteiger partial charge in [0.25, 0.3) is 5.91 Å². The zero-order chi connectivity index (χ0) is 10.6. The number of rotatable bonds is 3. The molecule has 5 nitrogen and oxygen atoms in total. The van der Waals surface area contributed by atoms with Gasteiger partial charge in [-0.1, -0.05) is 5.16 Å². The number of hydrogen-bond donors (Lipinski definition) is 0. The predicted molar refractivity (Wildman–Crippen MR) is 48.4 cm³/mol. The number of aryl methyl sites for hydroxylation is 1. The number of nitriles is 1. The standard InChI is InChI=1S/C9H11N3O2/c1-3-12(5-4-10)9(13)8-6-7(2)11-14-8/h6H,3,5H2,1-2H3. The van der Waals surface area contributed by atoms with Crippen LogP contribution in [0, 0.1) is 18.3 Å². The lowest BCUT2D eigenvalue weighted by Crippen LogP contribution is -2.30. The van der Waals surface area contributed by atoms with Gasteiger partial charge in [-0.05, 0) is 13.8 Å². The Hall–Kier alpha value is -1.83. The predicted octanol–water partition coefficient (Wildman–Crippen LogP) is 0.969. The van der Waals surface area contributed by atoms with Crippen molar-refractivity contribution in [1.82, 2.24) is 10.1 Å². The number of nitrogens with zero attached hydrogens (tertiary/aromatic N) is 3. The van der Waals surface area contributed by atoms with Gasteiger partial charge >= 0.3 is 0 Å². The largest absolute Gasteiger partial charge is 0.351 e. The van der Waals surface area contributed by atoms with Gasteiger partial charge in [0, 0.05) is 12.6 Å². The van der Waals surface area contributed by atoms with E-state index in [0.717, 1.165) is 0 Å². The third-order valence-corrected chi connectivity index (χ3v) is 1.77. The molecule has 1 aromatic heterocycles. The fourth-order valence-corrected chi connectivity index (χ4v) is 1.03. The van der Waals surface area contributed by atoms with Gasteiger partial charge in [0.1, 0.15) is 6.54 Å². The van der Waals surface area contributed by atoms with Crippen molar-refractivity contribution >= 4 is 5.91 Å². The molecule has 1 amide bonds. The van der Waals surface area contributed by atoms with Gasteiger partial charge in [0.2, 0.25) is 5.76 Å². The van der Waals surface area contributed by atoms with Crippen molar-refractivity contribution in [3.8, 4) is 6.07 Å².